The average Bonchev–Trinajstić information content (AvgIpc) is 3.17. The number of benzene rings is 2. The van der Waals surface area contributed by atoms with Gasteiger partial charge < -0.3 is 9.47 Å². The van der Waals surface area contributed by atoms with E-state index in [1.807, 2.05) is 59.7 Å². The van der Waals surface area contributed by atoms with Crippen LogP contribution < -0.4 is 0 Å². The molecule has 2 fully saturated rings. The Morgan fingerprint density at radius 3 is 2.64 bits per heavy atom. The van der Waals surface area contributed by atoms with Gasteiger partial charge in [0, 0.05) is 11.1 Å². The van der Waals surface area contributed by atoms with Gasteiger partial charge in [-0.05, 0) is 12.0 Å². The minimum atomic E-state index is 0.0544. The molecule has 4 rings (SSSR count). The standard InChI is InChI=1S/C15H14O.C5H9NO3/c1-2-12-8-6-7-11-14(12)15(16)13-9-4-3-5-10-13;1-2-7-3-5-6(1)9-4-8-5/h3-11H,2H2,1H3;5H,1-4H2. The molecule has 0 aromatic heterocycles. The third-order valence-corrected chi connectivity index (χ3v) is 4.20. The van der Waals surface area contributed by atoms with Crippen molar-refractivity contribution in [2.75, 3.05) is 26.6 Å². The summed E-state index contributed by atoms with van der Waals surface area (Å²) in [6.07, 6.45) is 0.938. The minimum Gasteiger partial charge on any atom is -0.376 e. The summed E-state index contributed by atoms with van der Waals surface area (Å²) >= 11 is 0. The van der Waals surface area contributed by atoms with Crippen molar-refractivity contribution < 1.29 is 19.1 Å². The van der Waals surface area contributed by atoms with E-state index >= 15 is 0 Å². The summed E-state index contributed by atoms with van der Waals surface area (Å²) in [5.74, 6) is 0.109. The second kappa shape index (κ2) is 8.87. The molecular weight excluding hydrogens is 318 g/mol. The molecule has 2 aromatic carbocycles. The summed E-state index contributed by atoms with van der Waals surface area (Å²) in [4.78, 5) is 17.3. The van der Waals surface area contributed by atoms with Crippen LogP contribution in [0.15, 0.2) is 54.6 Å². The summed E-state index contributed by atoms with van der Waals surface area (Å²) in [7, 11) is 0. The Bertz CT molecular complexity index is 677. The number of hydrogen-bond acceptors (Lipinski definition) is 5. The molecular formula is C20H23NO4. The Hall–Kier alpha value is -2.05. The van der Waals surface area contributed by atoms with Gasteiger partial charge in [0.2, 0.25) is 0 Å². The van der Waals surface area contributed by atoms with Crippen LogP contribution in [0.4, 0.5) is 0 Å². The first kappa shape index (κ1) is 17.8. The average molecular weight is 341 g/mol. The molecule has 0 N–H and O–H groups in total. The fourth-order valence-electron chi connectivity index (χ4n) is 2.82. The number of rotatable bonds is 3. The Labute approximate surface area is 148 Å². The molecule has 2 heterocycles. The molecule has 5 nitrogen and oxygen atoms in total. The minimum absolute atomic E-state index is 0.0544. The van der Waals surface area contributed by atoms with Gasteiger partial charge in [-0.2, -0.15) is 5.06 Å². The molecule has 132 valence electrons. The van der Waals surface area contributed by atoms with Crippen LogP contribution in [-0.4, -0.2) is 43.6 Å². The first-order valence-corrected chi connectivity index (χ1v) is 8.56. The van der Waals surface area contributed by atoms with Gasteiger partial charge in [-0.15, -0.1) is 0 Å². The molecule has 1 atom stereocenters. The number of hydroxylamine groups is 2. The topological polar surface area (TPSA) is 48.0 Å². The van der Waals surface area contributed by atoms with Crippen LogP contribution in [0.1, 0.15) is 28.4 Å². The van der Waals surface area contributed by atoms with Crippen molar-refractivity contribution in [3.05, 3.63) is 71.3 Å². The highest BCUT2D eigenvalue weighted by molar-refractivity contribution is 6.09. The number of fused-ring (bicyclic) bond motifs is 1. The summed E-state index contributed by atoms with van der Waals surface area (Å²) in [6.45, 7) is 4.66. The van der Waals surface area contributed by atoms with Crippen molar-refractivity contribution in [1.29, 1.82) is 0 Å². The number of aryl methyl sites for hydroxylation is 1. The number of carbonyl (C=O) groups excluding carboxylic acids is 1. The molecule has 0 spiro atoms. The molecule has 1 unspecified atom stereocenters. The molecule has 25 heavy (non-hydrogen) atoms. The molecule has 5 heteroatoms. The van der Waals surface area contributed by atoms with E-state index in [2.05, 4.69) is 6.92 Å². The lowest BCUT2D eigenvalue weighted by molar-refractivity contribution is -0.180. The number of hydrogen-bond donors (Lipinski definition) is 0. The van der Waals surface area contributed by atoms with E-state index in [0.29, 0.717) is 13.4 Å². The zero-order chi connectivity index (χ0) is 17.5. The number of ketones is 1. The third-order valence-electron chi connectivity index (χ3n) is 4.20. The molecule has 2 aliphatic heterocycles. The van der Waals surface area contributed by atoms with E-state index in [4.69, 9.17) is 14.3 Å². The van der Waals surface area contributed by atoms with Gasteiger partial charge in [-0.3, -0.25) is 9.63 Å². The van der Waals surface area contributed by atoms with E-state index in [-0.39, 0.29) is 12.0 Å². The first-order valence-electron chi connectivity index (χ1n) is 8.56. The summed E-state index contributed by atoms with van der Waals surface area (Å²) in [6, 6.07) is 17.2. The van der Waals surface area contributed by atoms with Crippen LogP contribution in [0.3, 0.4) is 0 Å². The number of nitrogens with zero attached hydrogens (tertiary/aromatic N) is 1. The third kappa shape index (κ3) is 4.52. The monoisotopic (exact) mass is 341 g/mol. The smallest absolute Gasteiger partial charge is 0.193 e. The van der Waals surface area contributed by atoms with Crippen LogP contribution in [-0.2, 0) is 20.7 Å². The van der Waals surface area contributed by atoms with Crippen molar-refractivity contribution >= 4 is 5.78 Å². The van der Waals surface area contributed by atoms with Gasteiger partial charge in [0.15, 0.2) is 18.8 Å². The Balaban J connectivity index is 0.000000170. The molecule has 0 saturated carbocycles. The van der Waals surface area contributed by atoms with Crippen LogP contribution in [0.2, 0.25) is 0 Å². The van der Waals surface area contributed by atoms with E-state index < -0.39 is 0 Å². The van der Waals surface area contributed by atoms with Crippen molar-refractivity contribution in [2.24, 2.45) is 0 Å². The maximum absolute atomic E-state index is 12.2. The second-order valence-electron chi connectivity index (χ2n) is 5.79. The van der Waals surface area contributed by atoms with Gasteiger partial charge in [0.05, 0.1) is 19.8 Å². The van der Waals surface area contributed by atoms with E-state index in [1.165, 1.54) is 0 Å². The van der Waals surface area contributed by atoms with Crippen LogP contribution >= 0.6 is 0 Å². The lowest BCUT2D eigenvalue weighted by atomic mass is 9.97. The van der Waals surface area contributed by atoms with Crippen LogP contribution in [0.25, 0.3) is 0 Å². The van der Waals surface area contributed by atoms with E-state index in [0.717, 1.165) is 36.3 Å². The highest BCUT2D eigenvalue weighted by atomic mass is 16.9. The van der Waals surface area contributed by atoms with Gasteiger partial charge in [0.1, 0.15) is 0 Å². The normalized spacial score (nSPS) is 19.6. The molecule has 2 aliphatic rings. The summed E-state index contributed by atoms with van der Waals surface area (Å²) < 4.78 is 10.3. The van der Waals surface area contributed by atoms with Crippen molar-refractivity contribution in [1.82, 2.24) is 5.06 Å². The summed E-state index contributed by atoms with van der Waals surface area (Å²) in [5.41, 5.74) is 2.68. The fraction of sp³-hybridized carbons (Fsp3) is 0.350. The Morgan fingerprint density at radius 1 is 1.12 bits per heavy atom. The van der Waals surface area contributed by atoms with Gasteiger partial charge in [0.25, 0.3) is 0 Å². The number of ether oxygens (including phenoxy) is 2. The maximum atomic E-state index is 12.2. The van der Waals surface area contributed by atoms with Gasteiger partial charge in [-0.1, -0.05) is 61.5 Å². The van der Waals surface area contributed by atoms with Crippen molar-refractivity contribution in [3.8, 4) is 0 Å². The van der Waals surface area contributed by atoms with E-state index in [9.17, 15) is 4.79 Å². The highest BCUT2D eigenvalue weighted by Gasteiger charge is 2.29. The lowest BCUT2D eigenvalue weighted by Crippen LogP contribution is -2.40. The maximum Gasteiger partial charge on any atom is 0.193 e. The van der Waals surface area contributed by atoms with Crippen molar-refractivity contribution in [3.63, 3.8) is 0 Å². The fourth-order valence-corrected chi connectivity index (χ4v) is 2.82. The largest absolute Gasteiger partial charge is 0.376 e. The molecule has 0 bridgehead atoms. The Kier molecular flexibility index (Phi) is 6.30. The SMILES string of the molecule is C1CN2OCOC2CO1.CCc1ccccc1C(=O)c1ccccc1. The second-order valence-corrected chi connectivity index (χ2v) is 5.79. The highest BCUT2D eigenvalue weighted by Crippen LogP contribution is 2.15. The molecule has 2 saturated heterocycles. The van der Waals surface area contributed by atoms with Crippen LogP contribution in [0.5, 0.6) is 0 Å². The van der Waals surface area contributed by atoms with Gasteiger partial charge in [-0.25, -0.2) is 0 Å². The Morgan fingerprint density at radius 2 is 1.88 bits per heavy atom. The summed E-state index contributed by atoms with van der Waals surface area (Å²) in [5, 5.41) is 1.82. The molecule has 0 amide bonds. The lowest BCUT2D eigenvalue weighted by Gasteiger charge is -2.24. The zero-order valence-electron chi connectivity index (χ0n) is 14.4. The van der Waals surface area contributed by atoms with Crippen LogP contribution in [0, 0.1) is 0 Å². The first-order chi connectivity index (χ1) is 12.3. The number of carbonyl (C=O) groups is 1. The number of morpholine rings is 1. The van der Waals surface area contributed by atoms with E-state index in [1.54, 1.807) is 0 Å². The molecule has 0 aliphatic carbocycles. The predicted molar refractivity (Wildman–Crippen MR) is 94.0 cm³/mol. The molecule has 2 aromatic rings. The zero-order valence-corrected chi connectivity index (χ0v) is 14.4. The predicted octanol–water partition coefficient (Wildman–Crippen LogP) is 3.04. The molecule has 0 radical (unpaired) electrons. The van der Waals surface area contributed by atoms with Gasteiger partial charge >= 0.3 is 0 Å². The van der Waals surface area contributed by atoms with Crippen molar-refractivity contribution in [2.45, 2.75) is 19.6 Å². The quantitative estimate of drug-likeness (QED) is 0.803.